The number of hydrogen-bond acceptors (Lipinski definition) is 0. The van der Waals surface area contributed by atoms with Crippen LogP contribution in [-0.2, 0) is 12.8 Å². The standard InChI is InChI=1S/2C23H28/c2*1-3-5-19-8-12-21(13-9-19)23-16-14-22(15-17-23)20-10-6-18(4-2)7-11-20/h3,5-7,10-11,14-17,19,21H,4,8-9,12-13H2,1-2H3;4,8-9,12-18,20H,2-3,5-7,10-11H2,1H3/b5-3+;. The second kappa shape index (κ2) is 17.3. The van der Waals surface area contributed by atoms with Gasteiger partial charge in [-0.1, -0.05) is 136 Å². The van der Waals surface area contributed by atoms with E-state index in [1.165, 1.54) is 109 Å². The minimum atomic E-state index is 0.743. The van der Waals surface area contributed by atoms with Gasteiger partial charge < -0.3 is 0 Å². The Hall–Kier alpha value is -3.64. The summed E-state index contributed by atoms with van der Waals surface area (Å²) in [5.41, 5.74) is 11.2. The first-order chi connectivity index (χ1) is 22.6. The highest BCUT2D eigenvalue weighted by Gasteiger charge is 2.21. The molecule has 0 aliphatic heterocycles. The van der Waals surface area contributed by atoms with Crippen molar-refractivity contribution < 1.29 is 0 Å². The summed E-state index contributed by atoms with van der Waals surface area (Å²) < 4.78 is 0. The van der Waals surface area contributed by atoms with Crippen molar-refractivity contribution in [3.05, 3.63) is 144 Å². The molecule has 2 aliphatic carbocycles. The second-order valence-corrected chi connectivity index (χ2v) is 13.7. The van der Waals surface area contributed by atoms with Crippen LogP contribution in [0.15, 0.2) is 122 Å². The van der Waals surface area contributed by atoms with Gasteiger partial charge in [-0.15, -0.1) is 6.58 Å². The van der Waals surface area contributed by atoms with E-state index in [1.807, 2.05) is 0 Å². The van der Waals surface area contributed by atoms with E-state index in [1.54, 1.807) is 0 Å². The maximum Gasteiger partial charge on any atom is -0.0162 e. The van der Waals surface area contributed by atoms with Gasteiger partial charge in [-0.25, -0.2) is 0 Å². The number of rotatable bonds is 9. The van der Waals surface area contributed by atoms with E-state index in [4.69, 9.17) is 0 Å². The lowest BCUT2D eigenvalue weighted by Gasteiger charge is -2.27. The number of allylic oxidation sites excluding steroid dienone is 3. The van der Waals surface area contributed by atoms with E-state index in [0.717, 1.165) is 30.1 Å². The van der Waals surface area contributed by atoms with Crippen LogP contribution in [0.1, 0.15) is 113 Å². The zero-order chi connectivity index (χ0) is 32.1. The minimum absolute atomic E-state index is 0.743. The third-order valence-corrected chi connectivity index (χ3v) is 10.6. The van der Waals surface area contributed by atoms with Crippen molar-refractivity contribution in [1.82, 2.24) is 0 Å². The van der Waals surface area contributed by atoms with Crippen LogP contribution in [0.2, 0.25) is 0 Å². The van der Waals surface area contributed by atoms with E-state index in [2.05, 4.69) is 143 Å². The van der Waals surface area contributed by atoms with Crippen molar-refractivity contribution in [2.24, 2.45) is 11.8 Å². The first-order valence-electron chi connectivity index (χ1n) is 18.2. The third kappa shape index (κ3) is 9.22. The molecular weight excluding hydrogens is 553 g/mol. The summed E-state index contributed by atoms with van der Waals surface area (Å²) in [5.74, 6) is 3.06. The molecule has 0 heteroatoms. The zero-order valence-corrected chi connectivity index (χ0v) is 28.8. The highest BCUT2D eigenvalue weighted by Crippen LogP contribution is 2.38. The van der Waals surface area contributed by atoms with Crippen LogP contribution >= 0.6 is 0 Å². The summed E-state index contributed by atoms with van der Waals surface area (Å²) in [4.78, 5) is 0. The summed E-state index contributed by atoms with van der Waals surface area (Å²) in [7, 11) is 0. The van der Waals surface area contributed by atoms with E-state index in [0.29, 0.717) is 0 Å². The molecule has 0 amide bonds. The van der Waals surface area contributed by atoms with Gasteiger partial charge in [-0.3, -0.25) is 0 Å². The molecule has 0 bridgehead atoms. The molecule has 240 valence electrons. The monoisotopic (exact) mass is 608 g/mol. The molecule has 0 spiro atoms. The summed E-state index contributed by atoms with van der Waals surface area (Å²) in [6.45, 7) is 10.5. The van der Waals surface area contributed by atoms with E-state index in [9.17, 15) is 0 Å². The van der Waals surface area contributed by atoms with Gasteiger partial charge in [0.15, 0.2) is 0 Å². The lowest BCUT2D eigenvalue weighted by molar-refractivity contribution is 0.376. The fourth-order valence-electron chi connectivity index (χ4n) is 7.59. The highest BCUT2D eigenvalue weighted by molar-refractivity contribution is 5.65. The molecule has 0 nitrogen and oxygen atoms in total. The summed E-state index contributed by atoms with van der Waals surface area (Å²) in [6.07, 6.45) is 20.8. The van der Waals surface area contributed by atoms with Gasteiger partial charge in [-0.05, 0) is 139 Å². The lowest BCUT2D eigenvalue weighted by atomic mass is 9.78. The SMILES string of the molecule is C/C=C/C1CCC(c2ccc(-c3ccc(CC)cc3)cc2)CC1.C=CC1CCC(c2ccc(-c3ccc(CCC)cc3)cc2)CC1. The number of hydrogen-bond donors (Lipinski definition) is 0. The van der Waals surface area contributed by atoms with Crippen LogP contribution in [0.4, 0.5) is 0 Å². The van der Waals surface area contributed by atoms with E-state index < -0.39 is 0 Å². The fourth-order valence-corrected chi connectivity index (χ4v) is 7.59. The molecule has 2 fully saturated rings. The average Bonchev–Trinajstić information content (AvgIpc) is 3.13. The van der Waals surface area contributed by atoms with Crippen LogP contribution in [0, 0.1) is 11.8 Å². The summed E-state index contributed by atoms with van der Waals surface area (Å²) in [6, 6.07) is 36.6. The fraction of sp³-hybridized carbons (Fsp3) is 0.391. The molecule has 0 radical (unpaired) electrons. The number of aryl methyl sites for hydroxylation is 2. The first-order valence-corrected chi connectivity index (χ1v) is 18.2. The zero-order valence-electron chi connectivity index (χ0n) is 28.8. The minimum Gasteiger partial charge on any atom is -0.103 e. The van der Waals surface area contributed by atoms with Crippen LogP contribution < -0.4 is 0 Å². The average molecular weight is 609 g/mol. The second-order valence-electron chi connectivity index (χ2n) is 13.7. The van der Waals surface area contributed by atoms with Crippen molar-refractivity contribution in [1.29, 1.82) is 0 Å². The maximum atomic E-state index is 3.94. The summed E-state index contributed by atoms with van der Waals surface area (Å²) in [5, 5.41) is 0. The van der Waals surface area contributed by atoms with Crippen molar-refractivity contribution in [2.45, 2.75) is 103 Å². The predicted molar refractivity (Wildman–Crippen MR) is 202 cm³/mol. The molecule has 0 aromatic heterocycles. The normalized spacial score (nSPS) is 21.4. The van der Waals surface area contributed by atoms with Gasteiger partial charge >= 0.3 is 0 Å². The summed E-state index contributed by atoms with van der Waals surface area (Å²) >= 11 is 0. The van der Waals surface area contributed by atoms with Crippen molar-refractivity contribution in [2.75, 3.05) is 0 Å². The van der Waals surface area contributed by atoms with Crippen LogP contribution in [0.3, 0.4) is 0 Å². The molecule has 4 aromatic carbocycles. The van der Waals surface area contributed by atoms with Crippen LogP contribution in [-0.4, -0.2) is 0 Å². The predicted octanol–water partition coefficient (Wildman–Crippen LogP) is 13.5. The van der Waals surface area contributed by atoms with Crippen molar-refractivity contribution in [3.8, 4) is 22.3 Å². The van der Waals surface area contributed by atoms with Gasteiger partial charge in [0.1, 0.15) is 0 Å². The molecule has 0 saturated heterocycles. The Balaban J connectivity index is 0.000000181. The molecule has 4 aromatic rings. The third-order valence-electron chi connectivity index (χ3n) is 10.6. The quantitative estimate of drug-likeness (QED) is 0.166. The Labute approximate surface area is 280 Å². The Morgan fingerprint density at radius 1 is 0.522 bits per heavy atom. The molecule has 0 N–H and O–H groups in total. The van der Waals surface area contributed by atoms with Gasteiger partial charge in [0.2, 0.25) is 0 Å². The van der Waals surface area contributed by atoms with Crippen molar-refractivity contribution >= 4 is 0 Å². The lowest BCUT2D eigenvalue weighted by Crippen LogP contribution is -2.11. The van der Waals surface area contributed by atoms with Gasteiger partial charge in [0, 0.05) is 0 Å². The van der Waals surface area contributed by atoms with Gasteiger partial charge in [0.05, 0.1) is 0 Å². The Bertz CT molecular complexity index is 1470. The van der Waals surface area contributed by atoms with Crippen LogP contribution in [0.25, 0.3) is 22.3 Å². The van der Waals surface area contributed by atoms with Crippen LogP contribution in [0.5, 0.6) is 0 Å². The topological polar surface area (TPSA) is 0 Å². The number of benzene rings is 4. The Morgan fingerprint density at radius 2 is 0.913 bits per heavy atom. The molecule has 46 heavy (non-hydrogen) atoms. The van der Waals surface area contributed by atoms with Crippen molar-refractivity contribution in [3.63, 3.8) is 0 Å². The molecule has 6 rings (SSSR count). The van der Waals surface area contributed by atoms with E-state index >= 15 is 0 Å². The highest BCUT2D eigenvalue weighted by atomic mass is 14.3. The first kappa shape index (κ1) is 33.7. The molecular formula is C46H56. The Kier molecular flexibility index (Phi) is 12.7. The Morgan fingerprint density at radius 3 is 1.28 bits per heavy atom. The molecule has 2 saturated carbocycles. The van der Waals surface area contributed by atoms with Gasteiger partial charge in [0.25, 0.3) is 0 Å². The molecule has 0 atom stereocenters. The largest absolute Gasteiger partial charge is 0.103 e. The van der Waals surface area contributed by atoms with E-state index in [-0.39, 0.29) is 0 Å². The molecule has 2 aliphatic rings. The molecule has 0 unspecified atom stereocenters. The smallest absolute Gasteiger partial charge is 0.0162 e. The molecule has 0 heterocycles. The van der Waals surface area contributed by atoms with Gasteiger partial charge in [-0.2, -0.15) is 0 Å². The maximum absolute atomic E-state index is 3.94.